The van der Waals surface area contributed by atoms with Gasteiger partial charge >= 0.3 is 0 Å². The van der Waals surface area contributed by atoms with Crippen molar-refractivity contribution in [2.45, 2.75) is 32.6 Å². The van der Waals surface area contributed by atoms with Crippen LogP contribution in [0.4, 0.5) is 17.2 Å². The summed E-state index contributed by atoms with van der Waals surface area (Å²) in [6.45, 7) is 1.80. The van der Waals surface area contributed by atoms with Gasteiger partial charge < -0.3 is 15.4 Å². The van der Waals surface area contributed by atoms with Gasteiger partial charge in [-0.15, -0.1) is 0 Å². The Morgan fingerprint density at radius 3 is 2.69 bits per heavy atom. The lowest BCUT2D eigenvalue weighted by atomic mass is 10.1. The zero-order valence-corrected chi connectivity index (χ0v) is 18.4. The molecule has 1 aliphatic rings. The molecule has 0 unspecified atom stereocenters. The second kappa shape index (κ2) is 9.17. The van der Waals surface area contributed by atoms with E-state index in [0.29, 0.717) is 53.0 Å². The number of hydrogen-bond acceptors (Lipinski definition) is 7. The number of carbonyl (C=O) groups excluding carboxylic acids is 2. The minimum absolute atomic E-state index is 0.0556. The van der Waals surface area contributed by atoms with Crippen molar-refractivity contribution in [3.8, 4) is 17.0 Å². The normalized spacial score (nSPS) is 13.0. The molecule has 2 N–H and O–H groups in total. The molecule has 32 heavy (non-hydrogen) atoms. The highest BCUT2D eigenvalue weighted by molar-refractivity contribution is 6.02. The molecule has 1 aromatic carbocycles. The second-order valence-electron chi connectivity index (χ2n) is 7.82. The van der Waals surface area contributed by atoms with E-state index in [0.717, 1.165) is 18.4 Å². The van der Waals surface area contributed by atoms with Gasteiger partial charge in [0, 0.05) is 37.7 Å². The number of benzene rings is 1. The highest BCUT2D eigenvalue weighted by Gasteiger charge is 2.25. The van der Waals surface area contributed by atoms with E-state index in [2.05, 4.69) is 25.8 Å². The van der Waals surface area contributed by atoms with Gasteiger partial charge in [-0.05, 0) is 30.9 Å². The Morgan fingerprint density at radius 1 is 1.22 bits per heavy atom. The third kappa shape index (κ3) is 4.77. The molecule has 9 heteroatoms. The third-order valence-corrected chi connectivity index (χ3v) is 5.33. The first-order chi connectivity index (χ1) is 15.5. The number of para-hydroxylation sites is 1. The average molecular weight is 435 g/mol. The zero-order chi connectivity index (χ0) is 22.7. The van der Waals surface area contributed by atoms with Gasteiger partial charge in [0.25, 0.3) is 0 Å². The van der Waals surface area contributed by atoms with Crippen molar-refractivity contribution in [3.63, 3.8) is 0 Å². The second-order valence-corrected chi connectivity index (χ2v) is 7.82. The molecule has 3 aromatic rings. The number of pyridine rings is 1. The predicted molar refractivity (Wildman–Crippen MR) is 121 cm³/mol. The van der Waals surface area contributed by atoms with Gasteiger partial charge in [-0.25, -0.2) is 4.98 Å². The van der Waals surface area contributed by atoms with Crippen molar-refractivity contribution in [1.29, 1.82) is 0 Å². The third-order valence-electron chi connectivity index (χ3n) is 5.33. The minimum Gasteiger partial charge on any atom is -0.494 e. The van der Waals surface area contributed by atoms with Crippen molar-refractivity contribution in [3.05, 3.63) is 42.2 Å². The van der Waals surface area contributed by atoms with E-state index >= 15 is 0 Å². The van der Waals surface area contributed by atoms with Gasteiger partial charge in [-0.3, -0.25) is 9.59 Å². The number of nitrogens with one attached hydrogen (secondary N) is 2. The van der Waals surface area contributed by atoms with Crippen LogP contribution in [0.2, 0.25) is 0 Å². The molecule has 0 radical (unpaired) electrons. The molecule has 2 aromatic heterocycles. The van der Waals surface area contributed by atoms with Crippen LogP contribution in [0.3, 0.4) is 0 Å². The predicted octanol–water partition coefficient (Wildman–Crippen LogP) is 3.96. The Bertz CT molecular complexity index is 1150. The fraction of sp³-hybridized carbons (Fsp3) is 0.348. The Labute approximate surface area is 186 Å². The lowest BCUT2D eigenvalue weighted by Crippen LogP contribution is -2.14. The van der Waals surface area contributed by atoms with Crippen molar-refractivity contribution < 1.29 is 14.3 Å². The number of amides is 1. The summed E-state index contributed by atoms with van der Waals surface area (Å²) in [4.78, 5) is 30.5. The molecule has 0 saturated heterocycles. The van der Waals surface area contributed by atoms with Crippen molar-refractivity contribution >= 4 is 28.9 Å². The topological polar surface area (TPSA) is 111 Å². The standard InChI is InChI=1S/C23H26N6O3/c1-4-20(30)16-12-24-21(27-22(31)10-14-8-9-14)11-18(16)26-17-7-5-6-15(23(17)32-3)19-13-25-29(2)28-19/h5-7,11-14H,4,8-10H2,1-3H3,(H2,24,26,27,31). The van der Waals surface area contributed by atoms with E-state index < -0.39 is 0 Å². The Kier molecular flexibility index (Phi) is 6.16. The van der Waals surface area contributed by atoms with Gasteiger partial charge in [0.1, 0.15) is 11.5 Å². The lowest BCUT2D eigenvalue weighted by molar-refractivity contribution is -0.116. The number of carbonyl (C=O) groups is 2. The quantitative estimate of drug-likeness (QED) is 0.490. The number of ketones is 1. The number of rotatable bonds is 9. The van der Waals surface area contributed by atoms with Crippen LogP contribution in [0.5, 0.6) is 5.75 Å². The number of methoxy groups -OCH3 is 1. The molecule has 2 heterocycles. The summed E-state index contributed by atoms with van der Waals surface area (Å²) in [5, 5.41) is 14.6. The number of anilines is 3. The monoisotopic (exact) mass is 434 g/mol. The summed E-state index contributed by atoms with van der Waals surface area (Å²) in [6.07, 6.45) is 6.18. The SMILES string of the molecule is CCC(=O)c1cnc(NC(=O)CC2CC2)cc1Nc1cccc(-c2cnn(C)n2)c1OC. The van der Waals surface area contributed by atoms with Gasteiger partial charge in [0.05, 0.1) is 30.2 Å². The van der Waals surface area contributed by atoms with Crippen molar-refractivity contribution in [2.24, 2.45) is 13.0 Å². The zero-order valence-electron chi connectivity index (χ0n) is 18.4. The van der Waals surface area contributed by atoms with Crippen LogP contribution >= 0.6 is 0 Å². The molecular formula is C23H26N6O3. The van der Waals surface area contributed by atoms with Crippen LogP contribution in [-0.4, -0.2) is 38.8 Å². The fourth-order valence-corrected chi connectivity index (χ4v) is 3.49. The maximum Gasteiger partial charge on any atom is 0.225 e. The van der Waals surface area contributed by atoms with E-state index in [1.807, 2.05) is 18.2 Å². The Balaban J connectivity index is 1.68. The van der Waals surface area contributed by atoms with Crippen LogP contribution in [0.15, 0.2) is 36.7 Å². The van der Waals surface area contributed by atoms with Crippen LogP contribution in [0.25, 0.3) is 11.3 Å². The van der Waals surface area contributed by atoms with Crippen LogP contribution in [0, 0.1) is 5.92 Å². The molecular weight excluding hydrogens is 408 g/mol. The van der Waals surface area contributed by atoms with Crippen molar-refractivity contribution in [2.75, 3.05) is 17.7 Å². The van der Waals surface area contributed by atoms with Crippen molar-refractivity contribution in [1.82, 2.24) is 20.0 Å². The highest BCUT2D eigenvalue weighted by atomic mass is 16.5. The number of Topliss-reactive ketones (excluding diaryl/α,β-unsaturated/α-hetero) is 1. The maximum atomic E-state index is 12.5. The molecule has 1 saturated carbocycles. The van der Waals surface area contributed by atoms with E-state index in [9.17, 15) is 9.59 Å². The molecule has 1 fully saturated rings. The number of aromatic nitrogens is 4. The van der Waals surface area contributed by atoms with Crippen LogP contribution in [0.1, 0.15) is 43.0 Å². The van der Waals surface area contributed by atoms with E-state index in [-0.39, 0.29) is 11.7 Å². The summed E-state index contributed by atoms with van der Waals surface area (Å²) in [5.41, 5.74) is 3.08. The molecule has 1 aliphatic carbocycles. The molecule has 4 rings (SSSR count). The molecule has 0 aliphatic heterocycles. The van der Waals surface area contributed by atoms with Crippen LogP contribution < -0.4 is 15.4 Å². The van der Waals surface area contributed by atoms with Gasteiger partial charge in [-0.1, -0.05) is 13.0 Å². The summed E-state index contributed by atoms with van der Waals surface area (Å²) in [6, 6.07) is 7.30. The average Bonchev–Trinajstić information content (AvgIpc) is 3.49. The molecule has 0 atom stereocenters. The number of aryl methyl sites for hydroxylation is 1. The Hall–Kier alpha value is -3.75. The number of hydrogen-bond donors (Lipinski definition) is 2. The molecule has 0 bridgehead atoms. The van der Waals surface area contributed by atoms with Crippen LogP contribution in [-0.2, 0) is 11.8 Å². The highest BCUT2D eigenvalue weighted by Crippen LogP contribution is 2.38. The molecule has 1 amide bonds. The first-order valence-electron chi connectivity index (χ1n) is 10.6. The lowest BCUT2D eigenvalue weighted by Gasteiger charge is -2.17. The number of nitrogens with zero attached hydrogens (tertiary/aromatic N) is 4. The minimum atomic E-state index is -0.0669. The Morgan fingerprint density at radius 2 is 2.03 bits per heavy atom. The van der Waals surface area contributed by atoms with Gasteiger partial charge in [0.15, 0.2) is 11.5 Å². The summed E-state index contributed by atoms with van der Waals surface area (Å²) in [7, 11) is 3.32. The first kappa shape index (κ1) is 21.5. The van der Waals surface area contributed by atoms with Gasteiger partial charge in [-0.2, -0.15) is 15.0 Å². The first-order valence-corrected chi connectivity index (χ1v) is 10.6. The summed E-state index contributed by atoms with van der Waals surface area (Å²) < 4.78 is 5.67. The maximum absolute atomic E-state index is 12.5. The molecule has 0 spiro atoms. The van der Waals surface area contributed by atoms with Gasteiger partial charge in [0.2, 0.25) is 5.91 Å². The number of ether oxygens (including phenoxy) is 1. The fourth-order valence-electron chi connectivity index (χ4n) is 3.49. The molecule has 9 nitrogen and oxygen atoms in total. The summed E-state index contributed by atoms with van der Waals surface area (Å²) in [5.74, 6) is 1.32. The van der Waals surface area contributed by atoms with E-state index in [1.54, 1.807) is 33.3 Å². The largest absolute Gasteiger partial charge is 0.494 e. The summed E-state index contributed by atoms with van der Waals surface area (Å²) >= 11 is 0. The molecule has 166 valence electrons. The van der Waals surface area contributed by atoms with E-state index in [4.69, 9.17) is 4.74 Å². The van der Waals surface area contributed by atoms with E-state index in [1.165, 1.54) is 11.0 Å². The smallest absolute Gasteiger partial charge is 0.225 e.